The van der Waals surface area contributed by atoms with E-state index in [0.29, 0.717) is 18.2 Å². The zero-order valence-corrected chi connectivity index (χ0v) is 10.5. The Kier molecular flexibility index (Phi) is 2.63. The average molecular weight is 258 g/mol. The lowest BCUT2D eigenvalue weighted by atomic mass is 10.1. The van der Waals surface area contributed by atoms with E-state index in [0.717, 1.165) is 16.9 Å². The molecule has 3 rings (SSSR count). The molecule has 98 valence electrons. The topological polar surface area (TPSA) is 96.3 Å². The molecule has 0 spiro atoms. The lowest BCUT2D eigenvalue weighted by Crippen LogP contribution is -2.25. The fourth-order valence-electron chi connectivity index (χ4n) is 1.98. The highest BCUT2D eigenvalue weighted by atomic mass is 16.6. The smallest absolute Gasteiger partial charge is 0.221 e. The molecule has 4 N–H and O–H groups in total. The van der Waals surface area contributed by atoms with Crippen LogP contribution in [0.15, 0.2) is 24.4 Å². The van der Waals surface area contributed by atoms with Crippen LogP contribution in [0.3, 0.4) is 0 Å². The van der Waals surface area contributed by atoms with Gasteiger partial charge >= 0.3 is 0 Å². The number of nitrogen functional groups attached to an aromatic ring is 2. The summed E-state index contributed by atoms with van der Waals surface area (Å²) in [6.07, 6.45) is 1.66. The van der Waals surface area contributed by atoms with E-state index < -0.39 is 0 Å². The normalized spacial score (nSPS) is 17.2. The minimum atomic E-state index is 0.0586. The molecular weight excluding hydrogens is 244 g/mol. The van der Waals surface area contributed by atoms with Gasteiger partial charge in [-0.2, -0.15) is 4.98 Å². The quantitative estimate of drug-likeness (QED) is 0.804. The predicted molar refractivity (Wildman–Crippen MR) is 71.9 cm³/mol. The Balaban J connectivity index is 2.02. The standard InChI is InChI=1S/C13H14N4O2/c1-7-6-18-11-4-8(2-3-10(11)19-7)9-5-16-13(15)17-12(9)14/h2-5,7H,6H2,1H3,(H4,14,15,16,17). The minimum Gasteiger partial charge on any atom is -0.486 e. The van der Waals surface area contributed by atoms with Gasteiger partial charge in [0.2, 0.25) is 5.95 Å². The highest BCUT2D eigenvalue weighted by molar-refractivity contribution is 5.75. The Morgan fingerprint density at radius 2 is 2.11 bits per heavy atom. The van der Waals surface area contributed by atoms with Gasteiger partial charge in [-0.3, -0.25) is 0 Å². The van der Waals surface area contributed by atoms with Crippen LogP contribution in [0.5, 0.6) is 11.5 Å². The van der Waals surface area contributed by atoms with E-state index in [-0.39, 0.29) is 12.1 Å². The molecule has 0 amide bonds. The molecule has 0 radical (unpaired) electrons. The maximum Gasteiger partial charge on any atom is 0.221 e. The molecule has 0 fully saturated rings. The summed E-state index contributed by atoms with van der Waals surface area (Å²) in [4.78, 5) is 7.90. The summed E-state index contributed by atoms with van der Waals surface area (Å²) in [5, 5.41) is 0. The van der Waals surface area contributed by atoms with Gasteiger partial charge in [-0.15, -0.1) is 0 Å². The second-order valence-electron chi connectivity index (χ2n) is 4.43. The van der Waals surface area contributed by atoms with Gasteiger partial charge in [-0.25, -0.2) is 4.98 Å². The van der Waals surface area contributed by atoms with E-state index in [9.17, 15) is 0 Å². The summed E-state index contributed by atoms with van der Waals surface area (Å²) in [7, 11) is 0. The third-order valence-electron chi connectivity index (χ3n) is 2.89. The van der Waals surface area contributed by atoms with Crippen molar-refractivity contribution in [2.24, 2.45) is 0 Å². The van der Waals surface area contributed by atoms with Gasteiger partial charge in [0.25, 0.3) is 0 Å². The Bertz CT molecular complexity index is 630. The van der Waals surface area contributed by atoms with Gasteiger partial charge in [0.05, 0.1) is 0 Å². The van der Waals surface area contributed by atoms with Crippen molar-refractivity contribution >= 4 is 11.8 Å². The van der Waals surface area contributed by atoms with Crippen LogP contribution in [-0.2, 0) is 0 Å². The van der Waals surface area contributed by atoms with Gasteiger partial charge in [0.15, 0.2) is 11.5 Å². The second-order valence-corrected chi connectivity index (χ2v) is 4.43. The van der Waals surface area contributed by atoms with Crippen molar-refractivity contribution in [1.82, 2.24) is 9.97 Å². The number of hydrogen-bond acceptors (Lipinski definition) is 6. The highest BCUT2D eigenvalue weighted by Crippen LogP contribution is 2.36. The monoisotopic (exact) mass is 258 g/mol. The molecule has 2 heterocycles. The average Bonchev–Trinajstić information content (AvgIpc) is 2.38. The summed E-state index contributed by atoms with van der Waals surface area (Å²) < 4.78 is 11.3. The molecule has 1 aromatic heterocycles. The summed E-state index contributed by atoms with van der Waals surface area (Å²) in [5.41, 5.74) is 12.9. The largest absolute Gasteiger partial charge is 0.486 e. The van der Waals surface area contributed by atoms with Crippen molar-refractivity contribution in [2.75, 3.05) is 18.1 Å². The maximum atomic E-state index is 5.85. The van der Waals surface area contributed by atoms with Gasteiger partial charge in [0.1, 0.15) is 18.5 Å². The van der Waals surface area contributed by atoms with Crippen LogP contribution < -0.4 is 20.9 Å². The van der Waals surface area contributed by atoms with Crippen molar-refractivity contribution in [3.8, 4) is 22.6 Å². The van der Waals surface area contributed by atoms with Crippen molar-refractivity contribution in [3.63, 3.8) is 0 Å². The molecule has 6 nitrogen and oxygen atoms in total. The molecule has 1 atom stereocenters. The zero-order chi connectivity index (χ0) is 13.4. The minimum absolute atomic E-state index is 0.0586. The molecule has 1 aliphatic heterocycles. The van der Waals surface area contributed by atoms with Gasteiger partial charge in [-0.1, -0.05) is 6.07 Å². The van der Waals surface area contributed by atoms with Gasteiger partial charge in [0, 0.05) is 11.8 Å². The third-order valence-corrected chi connectivity index (χ3v) is 2.89. The van der Waals surface area contributed by atoms with Crippen LogP contribution in [0.1, 0.15) is 6.92 Å². The van der Waals surface area contributed by atoms with Gasteiger partial charge < -0.3 is 20.9 Å². The highest BCUT2D eigenvalue weighted by Gasteiger charge is 2.18. The van der Waals surface area contributed by atoms with Crippen molar-refractivity contribution in [1.29, 1.82) is 0 Å². The van der Waals surface area contributed by atoms with Crippen molar-refractivity contribution in [2.45, 2.75) is 13.0 Å². The molecule has 0 bridgehead atoms. The molecule has 6 heteroatoms. The lowest BCUT2D eigenvalue weighted by molar-refractivity contribution is 0.104. The molecule has 2 aromatic rings. The predicted octanol–water partition coefficient (Wildman–Crippen LogP) is 1.47. The molecule has 1 unspecified atom stereocenters. The number of nitrogens with two attached hydrogens (primary N) is 2. The SMILES string of the molecule is CC1COc2cc(-c3cnc(N)nc3N)ccc2O1. The van der Waals surface area contributed by atoms with E-state index in [1.807, 2.05) is 25.1 Å². The van der Waals surface area contributed by atoms with Crippen LogP contribution in [-0.4, -0.2) is 22.7 Å². The van der Waals surface area contributed by atoms with E-state index in [4.69, 9.17) is 20.9 Å². The fraction of sp³-hybridized carbons (Fsp3) is 0.231. The summed E-state index contributed by atoms with van der Waals surface area (Å²) in [6, 6.07) is 5.62. The first-order valence-corrected chi connectivity index (χ1v) is 5.95. The fourth-order valence-corrected chi connectivity index (χ4v) is 1.98. The zero-order valence-electron chi connectivity index (χ0n) is 10.5. The summed E-state index contributed by atoms with van der Waals surface area (Å²) >= 11 is 0. The molecule has 0 saturated heterocycles. The molecule has 1 aliphatic rings. The Labute approximate surface area is 110 Å². The molecule has 1 aromatic carbocycles. The maximum absolute atomic E-state index is 5.85. The number of rotatable bonds is 1. The molecular formula is C13H14N4O2. The van der Waals surface area contributed by atoms with E-state index >= 15 is 0 Å². The van der Waals surface area contributed by atoms with Gasteiger partial charge in [-0.05, 0) is 24.6 Å². The number of ether oxygens (including phenoxy) is 2. The van der Waals surface area contributed by atoms with E-state index in [1.165, 1.54) is 0 Å². The van der Waals surface area contributed by atoms with E-state index in [1.54, 1.807) is 6.20 Å². The number of benzene rings is 1. The Hall–Kier alpha value is -2.50. The first kappa shape index (κ1) is 11.6. The van der Waals surface area contributed by atoms with Crippen LogP contribution in [0.25, 0.3) is 11.1 Å². The molecule has 19 heavy (non-hydrogen) atoms. The van der Waals surface area contributed by atoms with Crippen LogP contribution in [0, 0.1) is 0 Å². The van der Waals surface area contributed by atoms with Crippen molar-refractivity contribution in [3.05, 3.63) is 24.4 Å². The van der Waals surface area contributed by atoms with Crippen molar-refractivity contribution < 1.29 is 9.47 Å². The number of nitrogens with zero attached hydrogens (tertiary/aromatic N) is 2. The number of fused-ring (bicyclic) bond motifs is 1. The van der Waals surface area contributed by atoms with Crippen LogP contribution in [0.4, 0.5) is 11.8 Å². The first-order valence-electron chi connectivity index (χ1n) is 5.95. The first-order chi connectivity index (χ1) is 9.13. The summed E-state index contributed by atoms with van der Waals surface area (Å²) in [6.45, 7) is 2.49. The lowest BCUT2D eigenvalue weighted by Gasteiger charge is -2.24. The Morgan fingerprint density at radius 3 is 2.89 bits per heavy atom. The Morgan fingerprint density at radius 1 is 1.26 bits per heavy atom. The number of hydrogen-bond donors (Lipinski definition) is 2. The number of aromatic nitrogens is 2. The molecule has 0 aliphatic carbocycles. The van der Waals surface area contributed by atoms with Crippen LogP contribution in [0.2, 0.25) is 0 Å². The van der Waals surface area contributed by atoms with E-state index in [2.05, 4.69) is 9.97 Å². The molecule has 0 saturated carbocycles. The number of anilines is 2. The third kappa shape index (κ3) is 2.12. The van der Waals surface area contributed by atoms with Crippen LogP contribution >= 0.6 is 0 Å². The second kappa shape index (κ2) is 4.31. The summed E-state index contributed by atoms with van der Waals surface area (Å²) in [5.74, 6) is 1.94.